The van der Waals surface area contributed by atoms with Gasteiger partial charge in [-0.15, -0.1) is 21.5 Å². The first-order valence-electron chi connectivity index (χ1n) is 8.99. The van der Waals surface area contributed by atoms with Crippen molar-refractivity contribution in [1.82, 2.24) is 10.2 Å². The highest BCUT2D eigenvalue weighted by Crippen LogP contribution is 2.28. The van der Waals surface area contributed by atoms with Gasteiger partial charge in [-0.3, -0.25) is 14.9 Å². The van der Waals surface area contributed by atoms with E-state index in [1.54, 1.807) is 17.5 Å². The van der Waals surface area contributed by atoms with Crippen LogP contribution in [0.3, 0.4) is 0 Å². The molecule has 0 aliphatic rings. The first-order valence-corrected chi connectivity index (χ1v) is 11.7. The Morgan fingerprint density at radius 3 is 2.73 bits per heavy atom. The fourth-order valence-corrected chi connectivity index (χ4v) is 4.64. The third kappa shape index (κ3) is 5.69. The molecule has 8 nitrogen and oxygen atoms in total. The van der Waals surface area contributed by atoms with Crippen molar-refractivity contribution in [1.29, 1.82) is 0 Å². The second-order valence-electron chi connectivity index (χ2n) is 6.19. The Kier molecular flexibility index (Phi) is 6.91. The van der Waals surface area contributed by atoms with Crippen LogP contribution in [-0.2, 0) is 5.75 Å². The van der Waals surface area contributed by atoms with Crippen molar-refractivity contribution in [2.75, 3.05) is 5.32 Å². The van der Waals surface area contributed by atoms with Crippen molar-refractivity contribution in [3.63, 3.8) is 0 Å². The summed E-state index contributed by atoms with van der Waals surface area (Å²) in [4.78, 5) is 36.9. The average molecular weight is 508 g/mol. The Balaban J connectivity index is 1.34. The van der Waals surface area contributed by atoms with Crippen molar-refractivity contribution < 1.29 is 27.5 Å². The molecular weight excluding hydrogens is 496 g/mol. The number of nitrogens with one attached hydrogen (secondary N) is 1. The molecule has 13 heteroatoms. The van der Waals surface area contributed by atoms with Gasteiger partial charge >= 0.3 is 5.97 Å². The molecule has 4 rings (SSSR count). The van der Waals surface area contributed by atoms with Crippen LogP contribution in [0.25, 0.3) is 0 Å². The minimum atomic E-state index is -1.21. The van der Waals surface area contributed by atoms with E-state index in [2.05, 4.69) is 15.5 Å². The minimum Gasteiger partial charge on any atom is -0.464 e. The Hall–Kier alpha value is -3.42. The van der Waals surface area contributed by atoms with Crippen LogP contribution in [0.5, 0.6) is 5.75 Å². The first kappa shape index (κ1) is 22.8. The molecule has 0 saturated heterocycles. The maximum atomic E-state index is 13.3. The number of benzene rings is 1. The monoisotopic (exact) mass is 507 g/mol. The number of anilines is 1. The maximum absolute atomic E-state index is 13.3. The van der Waals surface area contributed by atoms with Crippen LogP contribution in [0.1, 0.15) is 25.8 Å². The minimum absolute atomic E-state index is 0.222. The van der Waals surface area contributed by atoms with E-state index in [0.29, 0.717) is 20.4 Å². The number of esters is 1. The highest BCUT2D eigenvalue weighted by Gasteiger charge is 2.16. The molecule has 33 heavy (non-hydrogen) atoms. The topological polar surface area (TPSA) is 111 Å². The van der Waals surface area contributed by atoms with Crippen molar-refractivity contribution in [3.8, 4) is 5.75 Å². The number of rotatable bonds is 7. The average Bonchev–Trinajstić information content (AvgIpc) is 3.48. The first-order chi connectivity index (χ1) is 15.9. The molecule has 0 aliphatic heterocycles. The van der Waals surface area contributed by atoms with Gasteiger partial charge in [-0.25, -0.2) is 13.6 Å². The number of halogens is 2. The van der Waals surface area contributed by atoms with Crippen LogP contribution in [-0.4, -0.2) is 22.1 Å². The SMILES string of the molecule is O=C(Oc1coc(CSc2nnc(NC(=O)c3cccs3)s2)cc1=O)c1ccc(F)c(F)c1. The van der Waals surface area contributed by atoms with Crippen molar-refractivity contribution >= 4 is 51.4 Å². The molecule has 0 spiro atoms. The van der Waals surface area contributed by atoms with E-state index in [9.17, 15) is 23.2 Å². The Morgan fingerprint density at radius 2 is 2.00 bits per heavy atom. The lowest BCUT2D eigenvalue weighted by molar-refractivity contribution is 0.0728. The van der Waals surface area contributed by atoms with Gasteiger partial charge in [0.1, 0.15) is 12.0 Å². The van der Waals surface area contributed by atoms with E-state index >= 15 is 0 Å². The van der Waals surface area contributed by atoms with Gasteiger partial charge in [-0.05, 0) is 29.6 Å². The zero-order chi connectivity index (χ0) is 23.4. The van der Waals surface area contributed by atoms with E-state index in [1.807, 2.05) is 0 Å². The number of carbonyl (C=O) groups excluding carboxylic acids is 2. The molecule has 0 unspecified atom stereocenters. The second kappa shape index (κ2) is 10.0. The summed E-state index contributed by atoms with van der Waals surface area (Å²) in [6, 6.07) is 7.08. The molecule has 0 fully saturated rings. The summed E-state index contributed by atoms with van der Waals surface area (Å²) in [5.74, 6) is -3.54. The third-order valence-electron chi connectivity index (χ3n) is 3.92. The van der Waals surface area contributed by atoms with Gasteiger partial charge in [-0.2, -0.15) is 0 Å². The van der Waals surface area contributed by atoms with Crippen molar-refractivity contribution in [2.45, 2.75) is 10.1 Å². The van der Waals surface area contributed by atoms with E-state index in [-0.39, 0.29) is 23.0 Å². The number of amides is 1. The zero-order valence-corrected chi connectivity index (χ0v) is 18.7. The van der Waals surface area contributed by atoms with Crippen LogP contribution in [0.15, 0.2) is 61.6 Å². The quantitative estimate of drug-likeness (QED) is 0.220. The molecule has 0 saturated carbocycles. The summed E-state index contributed by atoms with van der Waals surface area (Å²) in [7, 11) is 0. The maximum Gasteiger partial charge on any atom is 0.343 e. The van der Waals surface area contributed by atoms with Crippen molar-refractivity contribution in [3.05, 3.63) is 86.1 Å². The van der Waals surface area contributed by atoms with E-state index in [4.69, 9.17) is 9.15 Å². The normalized spacial score (nSPS) is 10.7. The standard InChI is InChI=1S/C20H11F2N3O5S3/c21-12-4-3-10(6-13(12)22)18(28)30-15-8-29-11(7-14(15)26)9-32-20-25-24-19(33-20)23-17(27)16-2-1-5-31-16/h1-8H,9H2,(H,23,24,27). The molecule has 0 atom stereocenters. The second-order valence-corrected chi connectivity index (χ2v) is 9.33. The molecular formula is C20H11F2N3O5S3. The number of ether oxygens (including phenoxy) is 1. The predicted molar refractivity (Wildman–Crippen MR) is 118 cm³/mol. The lowest BCUT2D eigenvalue weighted by Crippen LogP contribution is -2.15. The Labute approximate surface area is 196 Å². The van der Waals surface area contributed by atoms with Crippen LogP contribution in [0, 0.1) is 11.6 Å². The summed E-state index contributed by atoms with van der Waals surface area (Å²) < 4.78 is 37.0. The van der Waals surface area contributed by atoms with Gasteiger partial charge in [0.15, 0.2) is 16.0 Å². The Morgan fingerprint density at radius 1 is 1.15 bits per heavy atom. The molecule has 0 bridgehead atoms. The summed E-state index contributed by atoms with van der Waals surface area (Å²) in [6.45, 7) is 0. The molecule has 0 radical (unpaired) electrons. The van der Waals surface area contributed by atoms with Crippen molar-refractivity contribution in [2.24, 2.45) is 0 Å². The van der Waals surface area contributed by atoms with Crippen LogP contribution < -0.4 is 15.5 Å². The molecule has 3 heterocycles. The third-order valence-corrected chi connectivity index (χ3v) is 6.78. The van der Waals surface area contributed by atoms with Gasteiger partial charge in [-0.1, -0.05) is 29.2 Å². The zero-order valence-electron chi connectivity index (χ0n) is 16.2. The highest BCUT2D eigenvalue weighted by atomic mass is 32.2. The summed E-state index contributed by atoms with van der Waals surface area (Å²) in [6.07, 6.45) is 0.961. The highest BCUT2D eigenvalue weighted by molar-refractivity contribution is 8.00. The number of nitrogens with zero attached hydrogens (tertiary/aromatic N) is 2. The Bertz CT molecular complexity index is 1370. The predicted octanol–water partition coefficient (Wildman–Crippen LogP) is 4.59. The number of hydrogen-bond acceptors (Lipinski definition) is 10. The summed E-state index contributed by atoms with van der Waals surface area (Å²) >= 11 is 3.69. The molecule has 1 amide bonds. The molecule has 3 aromatic heterocycles. The smallest absolute Gasteiger partial charge is 0.343 e. The number of carbonyl (C=O) groups is 2. The van der Waals surface area contributed by atoms with Gasteiger partial charge in [0.25, 0.3) is 5.91 Å². The number of aromatic nitrogens is 2. The van der Waals surface area contributed by atoms with Crippen LogP contribution >= 0.6 is 34.4 Å². The van der Waals surface area contributed by atoms with Gasteiger partial charge in [0, 0.05) is 6.07 Å². The lowest BCUT2D eigenvalue weighted by Gasteiger charge is -2.04. The van der Waals surface area contributed by atoms with E-state index < -0.39 is 28.8 Å². The van der Waals surface area contributed by atoms with Gasteiger partial charge in [0.05, 0.1) is 16.2 Å². The molecule has 168 valence electrons. The number of thioether (sulfide) groups is 1. The van der Waals surface area contributed by atoms with Gasteiger partial charge in [0.2, 0.25) is 16.3 Å². The number of hydrogen-bond donors (Lipinski definition) is 1. The number of thiophene rings is 1. The fourth-order valence-electron chi connectivity index (χ4n) is 2.39. The summed E-state index contributed by atoms with van der Waals surface area (Å²) in [5.41, 5.74) is -0.889. The molecule has 4 aromatic rings. The molecule has 1 N–H and O–H groups in total. The van der Waals surface area contributed by atoms with E-state index in [1.165, 1.54) is 23.1 Å². The van der Waals surface area contributed by atoms with Crippen LogP contribution in [0.4, 0.5) is 13.9 Å². The fraction of sp³-hybridized carbons (Fsp3) is 0.0500. The molecule has 1 aromatic carbocycles. The lowest BCUT2D eigenvalue weighted by atomic mass is 10.2. The van der Waals surface area contributed by atoms with Gasteiger partial charge < -0.3 is 9.15 Å². The van der Waals surface area contributed by atoms with E-state index in [0.717, 1.165) is 35.8 Å². The largest absolute Gasteiger partial charge is 0.464 e. The molecule has 0 aliphatic carbocycles. The summed E-state index contributed by atoms with van der Waals surface area (Å²) in [5, 5.41) is 12.6. The van der Waals surface area contributed by atoms with Crippen LogP contribution in [0.2, 0.25) is 0 Å².